The highest BCUT2D eigenvalue weighted by molar-refractivity contribution is 5.09. The minimum atomic E-state index is 0.266. The van der Waals surface area contributed by atoms with Crippen LogP contribution in [0, 0.1) is 12.8 Å². The van der Waals surface area contributed by atoms with E-state index < -0.39 is 0 Å². The number of rotatable bonds is 7. The standard InChI is InChI=1S/C15H28N2O/c1-11(2)9-14(10-17(5)6)16-13(4)15-8-7-12(3)18-15/h7-8,11,13-14,16H,9-10H2,1-6H3. The van der Waals surface area contributed by atoms with Crippen LogP contribution in [0.5, 0.6) is 0 Å². The van der Waals surface area contributed by atoms with Gasteiger partial charge in [0.15, 0.2) is 0 Å². The van der Waals surface area contributed by atoms with Gasteiger partial charge in [0.2, 0.25) is 0 Å². The molecule has 2 unspecified atom stereocenters. The van der Waals surface area contributed by atoms with Gasteiger partial charge in [0.25, 0.3) is 0 Å². The van der Waals surface area contributed by atoms with Crippen LogP contribution < -0.4 is 5.32 Å². The largest absolute Gasteiger partial charge is 0.465 e. The molecule has 0 aliphatic carbocycles. The maximum atomic E-state index is 5.68. The maximum absolute atomic E-state index is 5.68. The highest BCUT2D eigenvalue weighted by atomic mass is 16.3. The first kappa shape index (κ1) is 15.3. The van der Waals surface area contributed by atoms with Crippen molar-refractivity contribution in [2.24, 2.45) is 5.92 Å². The van der Waals surface area contributed by atoms with Gasteiger partial charge in [-0.3, -0.25) is 0 Å². The van der Waals surface area contributed by atoms with Crippen molar-refractivity contribution in [3.05, 3.63) is 23.7 Å². The summed E-state index contributed by atoms with van der Waals surface area (Å²) < 4.78 is 5.68. The summed E-state index contributed by atoms with van der Waals surface area (Å²) in [4.78, 5) is 2.24. The van der Waals surface area contributed by atoms with Gasteiger partial charge in [-0.1, -0.05) is 13.8 Å². The number of hydrogen-bond donors (Lipinski definition) is 1. The summed E-state index contributed by atoms with van der Waals surface area (Å²) >= 11 is 0. The van der Waals surface area contributed by atoms with Crippen molar-refractivity contribution in [3.8, 4) is 0 Å². The van der Waals surface area contributed by atoms with E-state index in [1.54, 1.807) is 0 Å². The van der Waals surface area contributed by atoms with Crippen molar-refractivity contribution in [2.45, 2.75) is 46.2 Å². The number of hydrogen-bond acceptors (Lipinski definition) is 3. The molecule has 2 atom stereocenters. The van der Waals surface area contributed by atoms with E-state index in [1.807, 2.05) is 13.0 Å². The summed E-state index contributed by atoms with van der Waals surface area (Å²) in [6.07, 6.45) is 1.18. The Morgan fingerprint density at radius 2 is 1.89 bits per heavy atom. The molecule has 0 fully saturated rings. The zero-order valence-electron chi connectivity index (χ0n) is 12.7. The van der Waals surface area contributed by atoms with Gasteiger partial charge < -0.3 is 14.6 Å². The maximum Gasteiger partial charge on any atom is 0.120 e. The second-order valence-corrected chi connectivity index (χ2v) is 5.93. The van der Waals surface area contributed by atoms with E-state index in [0.717, 1.165) is 18.1 Å². The molecule has 1 heterocycles. The van der Waals surface area contributed by atoms with E-state index in [0.29, 0.717) is 12.0 Å². The topological polar surface area (TPSA) is 28.4 Å². The Bertz CT molecular complexity index is 334. The van der Waals surface area contributed by atoms with Crippen LogP contribution in [0.3, 0.4) is 0 Å². The monoisotopic (exact) mass is 252 g/mol. The fourth-order valence-corrected chi connectivity index (χ4v) is 2.33. The van der Waals surface area contributed by atoms with Gasteiger partial charge in [0.1, 0.15) is 11.5 Å². The van der Waals surface area contributed by atoms with E-state index in [9.17, 15) is 0 Å². The van der Waals surface area contributed by atoms with Crippen molar-refractivity contribution in [1.82, 2.24) is 10.2 Å². The quantitative estimate of drug-likeness (QED) is 0.807. The van der Waals surface area contributed by atoms with E-state index in [2.05, 4.69) is 51.1 Å². The molecule has 18 heavy (non-hydrogen) atoms. The average molecular weight is 252 g/mol. The predicted octanol–water partition coefficient (Wildman–Crippen LogP) is 3.21. The van der Waals surface area contributed by atoms with Crippen LogP contribution in [0.2, 0.25) is 0 Å². The summed E-state index contributed by atoms with van der Waals surface area (Å²) in [5, 5.41) is 3.67. The lowest BCUT2D eigenvalue weighted by Gasteiger charge is -2.26. The average Bonchev–Trinajstić information content (AvgIpc) is 2.62. The van der Waals surface area contributed by atoms with Gasteiger partial charge in [-0.25, -0.2) is 0 Å². The first-order chi connectivity index (χ1) is 8.38. The molecular formula is C15H28N2O. The molecule has 0 saturated carbocycles. The van der Waals surface area contributed by atoms with Crippen molar-refractivity contribution < 1.29 is 4.42 Å². The Morgan fingerprint density at radius 3 is 2.33 bits per heavy atom. The van der Waals surface area contributed by atoms with E-state index >= 15 is 0 Å². The summed E-state index contributed by atoms with van der Waals surface area (Å²) in [5.41, 5.74) is 0. The molecule has 3 heteroatoms. The number of furan rings is 1. The molecule has 0 bridgehead atoms. The third-order valence-corrected chi connectivity index (χ3v) is 3.02. The third-order valence-electron chi connectivity index (χ3n) is 3.02. The second-order valence-electron chi connectivity index (χ2n) is 5.93. The third kappa shape index (κ3) is 5.23. The molecule has 1 aromatic heterocycles. The van der Waals surface area contributed by atoms with Gasteiger partial charge in [-0.2, -0.15) is 0 Å². The van der Waals surface area contributed by atoms with Crippen LogP contribution in [0.4, 0.5) is 0 Å². The Hall–Kier alpha value is -0.800. The number of nitrogens with one attached hydrogen (secondary N) is 1. The summed E-state index contributed by atoms with van der Waals surface area (Å²) in [6.45, 7) is 9.75. The van der Waals surface area contributed by atoms with Gasteiger partial charge in [0, 0.05) is 12.6 Å². The minimum absolute atomic E-state index is 0.266. The first-order valence-corrected chi connectivity index (χ1v) is 6.85. The first-order valence-electron chi connectivity index (χ1n) is 6.85. The highest BCUT2D eigenvalue weighted by Crippen LogP contribution is 2.18. The molecule has 1 N–H and O–H groups in total. The van der Waals surface area contributed by atoms with Crippen LogP contribution in [0.1, 0.15) is 44.8 Å². The molecule has 0 radical (unpaired) electrons. The van der Waals surface area contributed by atoms with Crippen molar-refractivity contribution >= 4 is 0 Å². The minimum Gasteiger partial charge on any atom is -0.465 e. The predicted molar refractivity (Wildman–Crippen MR) is 76.8 cm³/mol. The summed E-state index contributed by atoms with van der Waals surface area (Å²) in [5.74, 6) is 2.71. The lowest BCUT2D eigenvalue weighted by molar-refractivity contribution is 0.278. The Labute approximate surface area is 112 Å². The summed E-state index contributed by atoms with van der Waals surface area (Å²) in [6, 6.07) is 4.86. The van der Waals surface area contributed by atoms with Crippen LogP contribution >= 0.6 is 0 Å². The lowest BCUT2D eigenvalue weighted by atomic mass is 10.0. The number of nitrogens with zero attached hydrogens (tertiary/aromatic N) is 1. The lowest BCUT2D eigenvalue weighted by Crippen LogP contribution is -2.40. The SMILES string of the molecule is Cc1ccc(C(C)NC(CC(C)C)CN(C)C)o1. The Balaban J connectivity index is 2.58. The zero-order chi connectivity index (χ0) is 13.7. The normalized spacial score (nSPS) is 15.3. The highest BCUT2D eigenvalue weighted by Gasteiger charge is 2.17. The van der Waals surface area contributed by atoms with Gasteiger partial charge in [0.05, 0.1) is 6.04 Å². The fraction of sp³-hybridized carbons (Fsp3) is 0.733. The molecule has 104 valence electrons. The van der Waals surface area contributed by atoms with E-state index in [1.165, 1.54) is 6.42 Å². The molecule has 0 aliphatic heterocycles. The van der Waals surface area contributed by atoms with Crippen molar-refractivity contribution in [3.63, 3.8) is 0 Å². The molecule has 0 spiro atoms. The number of likely N-dealkylation sites (N-methyl/N-ethyl adjacent to an activating group) is 1. The Morgan fingerprint density at radius 1 is 1.22 bits per heavy atom. The smallest absolute Gasteiger partial charge is 0.120 e. The van der Waals surface area contributed by atoms with E-state index in [4.69, 9.17) is 4.42 Å². The molecule has 0 aliphatic rings. The van der Waals surface area contributed by atoms with Crippen LogP contribution in [-0.4, -0.2) is 31.6 Å². The van der Waals surface area contributed by atoms with Gasteiger partial charge >= 0.3 is 0 Å². The van der Waals surface area contributed by atoms with Crippen LogP contribution in [0.15, 0.2) is 16.5 Å². The van der Waals surface area contributed by atoms with Gasteiger partial charge in [-0.15, -0.1) is 0 Å². The van der Waals surface area contributed by atoms with Crippen molar-refractivity contribution in [1.29, 1.82) is 0 Å². The molecule has 3 nitrogen and oxygen atoms in total. The van der Waals surface area contributed by atoms with Crippen LogP contribution in [-0.2, 0) is 0 Å². The second kappa shape index (κ2) is 6.95. The number of aryl methyl sites for hydroxylation is 1. The molecule has 1 aromatic rings. The Kier molecular flexibility index (Phi) is 5.89. The summed E-state index contributed by atoms with van der Waals surface area (Å²) in [7, 11) is 4.24. The van der Waals surface area contributed by atoms with Crippen LogP contribution in [0.25, 0.3) is 0 Å². The van der Waals surface area contributed by atoms with Gasteiger partial charge in [-0.05, 0) is 52.4 Å². The molecular weight excluding hydrogens is 224 g/mol. The molecule has 0 amide bonds. The molecule has 0 saturated heterocycles. The molecule has 1 rings (SSSR count). The fourth-order valence-electron chi connectivity index (χ4n) is 2.33. The zero-order valence-corrected chi connectivity index (χ0v) is 12.7. The van der Waals surface area contributed by atoms with E-state index in [-0.39, 0.29) is 6.04 Å². The molecule has 0 aromatic carbocycles. The van der Waals surface area contributed by atoms with Crippen molar-refractivity contribution in [2.75, 3.05) is 20.6 Å².